The van der Waals surface area contributed by atoms with Gasteiger partial charge in [-0.2, -0.15) is 13.2 Å². The van der Waals surface area contributed by atoms with Gasteiger partial charge in [0.1, 0.15) is 5.75 Å². The third kappa shape index (κ3) is 2.82. The fraction of sp³-hybridized carbons (Fsp3) is 0.133. The van der Waals surface area contributed by atoms with Crippen LogP contribution < -0.4 is 4.74 Å². The molecule has 0 atom stereocenters. The van der Waals surface area contributed by atoms with E-state index in [0.717, 1.165) is 12.1 Å². The average molecular weight is 280 g/mol. The number of carbonyl (C=O) groups is 1. The molecule has 2 aromatic carbocycles. The minimum Gasteiger partial charge on any atom is -0.496 e. The van der Waals surface area contributed by atoms with E-state index in [1.807, 2.05) is 0 Å². The van der Waals surface area contributed by atoms with Crippen LogP contribution in [0.25, 0.3) is 11.1 Å². The lowest BCUT2D eigenvalue weighted by Crippen LogP contribution is -2.04. The van der Waals surface area contributed by atoms with Gasteiger partial charge in [-0.1, -0.05) is 18.2 Å². The van der Waals surface area contributed by atoms with Crippen molar-refractivity contribution < 1.29 is 22.7 Å². The summed E-state index contributed by atoms with van der Waals surface area (Å²) < 4.78 is 42.4. The summed E-state index contributed by atoms with van der Waals surface area (Å²) >= 11 is 0. The predicted octanol–water partition coefficient (Wildman–Crippen LogP) is 4.19. The number of alkyl halides is 3. The fourth-order valence-corrected chi connectivity index (χ4v) is 1.86. The number of hydrogen-bond acceptors (Lipinski definition) is 2. The van der Waals surface area contributed by atoms with Crippen molar-refractivity contribution >= 4 is 6.29 Å². The Bertz CT molecular complexity index is 616. The van der Waals surface area contributed by atoms with E-state index >= 15 is 0 Å². The first-order valence-corrected chi connectivity index (χ1v) is 5.76. The SMILES string of the molecule is COc1ccc(-c2ccc(C(F)(F)F)cc2)cc1C=O. The van der Waals surface area contributed by atoms with Crippen molar-refractivity contribution in [3.8, 4) is 16.9 Å². The third-order valence-corrected chi connectivity index (χ3v) is 2.90. The number of ether oxygens (including phenoxy) is 1. The Morgan fingerprint density at radius 1 is 1.00 bits per heavy atom. The van der Waals surface area contributed by atoms with Crippen molar-refractivity contribution in [2.45, 2.75) is 6.18 Å². The molecule has 0 amide bonds. The fourth-order valence-electron chi connectivity index (χ4n) is 1.86. The summed E-state index contributed by atoms with van der Waals surface area (Å²) in [7, 11) is 1.44. The smallest absolute Gasteiger partial charge is 0.416 e. The predicted molar refractivity (Wildman–Crippen MR) is 68.8 cm³/mol. The summed E-state index contributed by atoms with van der Waals surface area (Å²) in [6.07, 6.45) is -3.71. The largest absolute Gasteiger partial charge is 0.496 e. The van der Waals surface area contributed by atoms with Crippen LogP contribution in [0.2, 0.25) is 0 Å². The molecule has 0 aliphatic carbocycles. The molecule has 0 unspecified atom stereocenters. The third-order valence-electron chi connectivity index (χ3n) is 2.90. The van der Waals surface area contributed by atoms with E-state index in [1.165, 1.54) is 19.2 Å². The topological polar surface area (TPSA) is 26.3 Å². The maximum absolute atomic E-state index is 12.5. The normalized spacial score (nSPS) is 11.2. The molecule has 0 spiro atoms. The summed E-state index contributed by atoms with van der Waals surface area (Å²) in [5.74, 6) is 0.427. The molecule has 0 radical (unpaired) electrons. The van der Waals surface area contributed by atoms with Crippen LogP contribution in [0.1, 0.15) is 15.9 Å². The molecule has 2 aromatic rings. The lowest BCUT2D eigenvalue weighted by molar-refractivity contribution is -0.137. The van der Waals surface area contributed by atoms with Gasteiger partial charge < -0.3 is 4.74 Å². The van der Waals surface area contributed by atoms with Gasteiger partial charge in [-0.3, -0.25) is 4.79 Å². The van der Waals surface area contributed by atoms with E-state index < -0.39 is 11.7 Å². The summed E-state index contributed by atoms with van der Waals surface area (Å²) in [5.41, 5.74) is 0.903. The quantitative estimate of drug-likeness (QED) is 0.788. The lowest BCUT2D eigenvalue weighted by atomic mass is 10.0. The molecule has 0 heterocycles. The lowest BCUT2D eigenvalue weighted by Gasteiger charge is -2.09. The van der Waals surface area contributed by atoms with E-state index in [4.69, 9.17) is 4.74 Å². The molecule has 104 valence electrons. The molecule has 0 N–H and O–H groups in total. The Morgan fingerprint density at radius 2 is 1.60 bits per heavy atom. The van der Waals surface area contributed by atoms with Crippen molar-refractivity contribution in [3.05, 3.63) is 53.6 Å². The first-order chi connectivity index (χ1) is 9.45. The molecule has 2 nitrogen and oxygen atoms in total. The van der Waals surface area contributed by atoms with Crippen molar-refractivity contribution in [2.24, 2.45) is 0 Å². The maximum Gasteiger partial charge on any atom is 0.416 e. The Balaban J connectivity index is 2.39. The van der Waals surface area contributed by atoms with Crippen LogP contribution in [0.3, 0.4) is 0 Å². The van der Waals surface area contributed by atoms with Gasteiger partial charge in [0, 0.05) is 0 Å². The molecular weight excluding hydrogens is 269 g/mol. The highest BCUT2D eigenvalue weighted by Gasteiger charge is 2.29. The summed E-state index contributed by atoms with van der Waals surface area (Å²) in [5, 5.41) is 0. The monoisotopic (exact) mass is 280 g/mol. The molecular formula is C15H11F3O2. The second-order valence-corrected chi connectivity index (χ2v) is 4.15. The number of aldehydes is 1. The standard InChI is InChI=1S/C15H11F3O2/c1-20-14-7-4-11(8-12(14)9-19)10-2-5-13(6-3-10)15(16,17)18/h2-9H,1H3. The van der Waals surface area contributed by atoms with Crippen LogP contribution in [0.15, 0.2) is 42.5 Å². The van der Waals surface area contributed by atoms with Crippen molar-refractivity contribution in [3.63, 3.8) is 0 Å². The van der Waals surface area contributed by atoms with Gasteiger partial charge in [-0.25, -0.2) is 0 Å². The van der Waals surface area contributed by atoms with Gasteiger partial charge in [-0.05, 0) is 35.4 Å². The second-order valence-electron chi connectivity index (χ2n) is 4.15. The molecule has 0 aliphatic heterocycles. The first-order valence-electron chi connectivity index (χ1n) is 5.76. The van der Waals surface area contributed by atoms with Gasteiger partial charge >= 0.3 is 6.18 Å². The van der Waals surface area contributed by atoms with Gasteiger partial charge in [0.15, 0.2) is 6.29 Å². The minimum atomic E-state index is -4.35. The molecule has 0 saturated carbocycles. The van der Waals surface area contributed by atoms with E-state index in [-0.39, 0.29) is 0 Å². The number of methoxy groups -OCH3 is 1. The van der Waals surface area contributed by atoms with E-state index in [2.05, 4.69) is 0 Å². The highest BCUT2D eigenvalue weighted by molar-refractivity contribution is 5.83. The Morgan fingerprint density at radius 3 is 2.10 bits per heavy atom. The molecule has 20 heavy (non-hydrogen) atoms. The van der Waals surface area contributed by atoms with E-state index in [9.17, 15) is 18.0 Å². The van der Waals surface area contributed by atoms with Crippen LogP contribution in [0.5, 0.6) is 5.75 Å². The summed E-state index contributed by atoms with van der Waals surface area (Å²) in [4.78, 5) is 10.9. The molecule has 5 heteroatoms. The number of carbonyl (C=O) groups excluding carboxylic acids is 1. The zero-order chi connectivity index (χ0) is 14.8. The van der Waals surface area contributed by atoms with Crippen LogP contribution in [0, 0.1) is 0 Å². The highest BCUT2D eigenvalue weighted by Crippen LogP contribution is 2.31. The Hall–Kier alpha value is -2.30. The van der Waals surface area contributed by atoms with Gasteiger partial charge in [0.25, 0.3) is 0 Å². The second kappa shape index (κ2) is 5.36. The number of hydrogen-bond donors (Lipinski definition) is 0. The first kappa shape index (κ1) is 14.1. The molecule has 0 fully saturated rings. The molecule has 0 aliphatic rings. The highest BCUT2D eigenvalue weighted by atomic mass is 19.4. The van der Waals surface area contributed by atoms with Crippen LogP contribution >= 0.6 is 0 Å². The Labute approximate surface area is 113 Å². The van der Waals surface area contributed by atoms with Gasteiger partial charge in [0.2, 0.25) is 0 Å². The molecule has 0 saturated heterocycles. The van der Waals surface area contributed by atoms with E-state index in [1.54, 1.807) is 18.2 Å². The van der Waals surface area contributed by atoms with Crippen molar-refractivity contribution in [2.75, 3.05) is 7.11 Å². The number of rotatable bonds is 3. The maximum atomic E-state index is 12.5. The molecule has 0 aromatic heterocycles. The van der Waals surface area contributed by atoms with Gasteiger partial charge in [0.05, 0.1) is 18.2 Å². The molecule has 2 rings (SSSR count). The van der Waals surface area contributed by atoms with Gasteiger partial charge in [-0.15, -0.1) is 0 Å². The summed E-state index contributed by atoms with van der Waals surface area (Å²) in [6, 6.07) is 9.65. The summed E-state index contributed by atoms with van der Waals surface area (Å²) in [6.45, 7) is 0. The zero-order valence-electron chi connectivity index (χ0n) is 10.6. The molecule has 0 bridgehead atoms. The average Bonchev–Trinajstić information content (AvgIpc) is 2.45. The Kier molecular flexibility index (Phi) is 3.79. The van der Waals surface area contributed by atoms with Crippen molar-refractivity contribution in [1.82, 2.24) is 0 Å². The zero-order valence-corrected chi connectivity index (χ0v) is 10.6. The van der Waals surface area contributed by atoms with E-state index in [0.29, 0.717) is 28.7 Å². The van der Waals surface area contributed by atoms with Crippen LogP contribution in [0.4, 0.5) is 13.2 Å². The number of halogens is 3. The van der Waals surface area contributed by atoms with Crippen LogP contribution in [-0.2, 0) is 6.18 Å². The minimum absolute atomic E-state index is 0.352. The number of benzene rings is 2. The van der Waals surface area contributed by atoms with Crippen molar-refractivity contribution in [1.29, 1.82) is 0 Å². The van der Waals surface area contributed by atoms with Crippen LogP contribution in [-0.4, -0.2) is 13.4 Å².